The van der Waals surface area contributed by atoms with Crippen molar-refractivity contribution in [3.63, 3.8) is 0 Å². The molecule has 88 valence electrons. The van der Waals surface area contributed by atoms with Crippen molar-refractivity contribution >= 4 is 0 Å². The molecule has 0 bridgehead atoms. The third-order valence-electron chi connectivity index (χ3n) is 2.47. The number of aromatic nitrogens is 2. The highest BCUT2D eigenvalue weighted by molar-refractivity contribution is 5.25. The van der Waals surface area contributed by atoms with Crippen LogP contribution in [-0.2, 0) is 13.1 Å². The summed E-state index contributed by atoms with van der Waals surface area (Å²) in [6.07, 6.45) is 3.08. The van der Waals surface area contributed by atoms with Crippen LogP contribution < -0.4 is 11.4 Å². The summed E-state index contributed by atoms with van der Waals surface area (Å²) in [7, 11) is 0. The molecule has 4 nitrogen and oxygen atoms in total. The Bertz CT molecular complexity index is 580. The topological polar surface area (TPSA) is 60.9 Å². The lowest BCUT2D eigenvalue weighted by atomic mass is 10.1. The van der Waals surface area contributed by atoms with Gasteiger partial charge in [0.05, 0.1) is 6.54 Å². The van der Waals surface area contributed by atoms with Crippen LogP contribution in [-0.4, -0.2) is 9.55 Å². The maximum Gasteiger partial charge on any atom is 0.347 e. The van der Waals surface area contributed by atoms with Crippen LogP contribution in [0.15, 0.2) is 41.5 Å². The molecule has 0 aliphatic rings. The Balaban J connectivity index is 2.31. The van der Waals surface area contributed by atoms with Gasteiger partial charge in [-0.15, -0.1) is 0 Å². The molecule has 1 aromatic heterocycles. The van der Waals surface area contributed by atoms with E-state index in [1.807, 2.05) is 0 Å². The molecule has 0 amide bonds. The zero-order valence-corrected chi connectivity index (χ0v) is 9.14. The number of hydrogen-bond donors (Lipinski definition) is 1. The number of nitrogens with zero attached hydrogens (tertiary/aromatic N) is 2. The van der Waals surface area contributed by atoms with E-state index >= 15 is 0 Å². The second-order valence-corrected chi connectivity index (χ2v) is 3.66. The fourth-order valence-corrected chi connectivity index (χ4v) is 1.59. The van der Waals surface area contributed by atoms with Crippen molar-refractivity contribution in [2.45, 2.75) is 13.1 Å². The Labute approximate surface area is 97.5 Å². The smallest absolute Gasteiger partial charge is 0.326 e. The van der Waals surface area contributed by atoms with Crippen LogP contribution in [0.5, 0.6) is 0 Å². The second-order valence-electron chi connectivity index (χ2n) is 3.66. The van der Waals surface area contributed by atoms with Crippen molar-refractivity contribution in [3.8, 4) is 0 Å². The van der Waals surface area contributed by atoms with E-state index in [0.29, 0.717) is 12.1 Å². The van der Waals surface area contributed by atoms with Crippen LogP contribution in [0.4, 0.5) is 4.39 Å². The molecule has 0 aliphatic heterocycles. The number of halogens is 1. The molecule has 0 saturated carbocycles. The summed E-state index contributed by atoms with van der Waals surface area (Å²) in [5.41, 5.74) is 6.36. The highest BCUT2D eigenvalue weighted by atomic mass is 19.1. The van der Waals surface area contributed by atoms with E-state index in [2.05, 4.69) is 4.98 Å². The first kappa shape index (κ1) is 11.5. The molecule has 1 heterocycles. The molecule has 0 fully saturated rings. The van der Waals surface area contributed by atoms with Crippen molar-refractivity contribution in [1.29, 1.82) is 0 Å². The molecule has 0 unspecified atom stereocenters. The molecular formula is C12H12FN3O. The highest BCUT2D eigenvalue weighted by Crippen LogP contribution is 2.10. The largest absolute Gasteiger partial charge is 0.347 e. The molecule has 17 heavy (non-hydrogen) atoms. The molecule has 5 heteroatoms. The van der Waals surface area contributed by atoms with Crippen molar-refractivity contribution < 1.29 is 4.39 Å². The Morgan fingerprint density at radius 2 is 2.24 bits per heavy atom. The summed E-state index contributed by atoms with van der Waals surface area (Å²) in [5.74, 6) is -0.324. The average molecular weight is 233 g/mol. The van der Waals surface area contributed by atoms with Crippen molar-refractivity contribution in [3.05, 3.63) is 64.1 Å². The van der Waals surface area contributed by atoms with Gasteiger partial charge in [-0.05, 0) is 23.8 Å². The van der Waals surface area contributed by atoms with E-state index in [9.17, 15) is 9.18 Å². The SMILES string of the molecule is NCc1cc(Cn2cccnc2=O)ccc1F. The summed E-state index contributed by atoms with van der Waals surface area (Å²) >= 11 is 0. The van der Waals surface area contributed by atoms with E-state index in [1.165, 1.54) is 16.8 Å². The molecule has 2 N–H and O–H groups in total. The number of rotatable bonds is 3. The maximum atomic E-state index is 13.2. The van der Waals surface area contributed by atoms with Crippen LogP contribution in [0, 0.1) is 5.82 Å². The van der Waals surface area contributed by atoms with Gasteiger partial charge in [0.1, 0.15) is 5.82 Å². The van der Waals surface area contributed by atoms with Crippen LogP contribution in [0.1, 0.15) is 11.1 Å². The van der Waals surface area contributed by atoms with Crippen molar-refractivity contribution in [2.75, 3.05) is 0 Å². The first-order valence-corrected chi connectivity index (χ1v) is 5.19. The van der Waals surface area contributed by atoms with Crippen LogP contribution >= 0.6 is 0 Å². The van der Waals surface area contributed by atoms with Gasteiger partial charge in [-0.25, -0.2) is 14.2 Å². The normalized spacial score (nSPS) is 10.5. The van der Waals surface area contributed by atoms with Crippen LogP contribution in [0.2, 0.25) is 0 Å². The second kappa shape index (κ2) is 4.88. The van der Waals surface area contributed by atoms with Gasteiger partial charge < -0.3 is 5.73 Å². The van der Waals surface area contributed by atoms with Gasteiger partial charge in [-0.2, -0.15) is 0 Å². The Morgan fingerprint density at radius 1 is 1.41 bits per heavy atom. The molecular weight excluding hydrogens is 221 g/mol. The minimum atomic E-state index is -0.328. The lowest BCUT2D eigenvalue weighted by Gasteiger charge is -2.06. The summed E-state index contributed by atoms with van der Waals surface area (Å²) < 4.78 is 14.7. The molecule has 0 spiro atoms. The molecule has 0 aliphatic carbocycles. The molecule has 2 rings (SSSR count). The monoisotopic (exact) mass is 233 g/mol. The first-order chi connectivity index (χ1) is 8.20. The Morgan fingerprint density at radius 3 is 2.94 bits per heavy atom. The molecule has 0 saturated heterocycles. The van der Waals surface area contributed by atoms with Gasteiger partial charge in [0.2, 0.25) is 0 Å². The van der Waals surface area contributed by atoms with Gasteiger partial charge in [0.15, 0.2) is 0 Å². The molecule has 1 aromatic carbocycles. The zero-order valence-electron chi connectivity index (χ0n) is 9.14. The van der Waals surface area contributed by atoms with E-state index in [1.54, 1.807) is 24.4 Å². The minimum absolute atomic E-state index is 0.140. The number of nitrogens with two attached hydrogens (primary N) is 1. The van der Waals surface area contributed by atoms with Crippen LogP contribution in [0.25, 0.3) is 0 Å². The predicted molar refractivity (Wildman–Crippen MR) is 61.9 cm³/mol. The standard InChI is InChI=1S/C12H12FN3O/c13-11-3-2-9(6-10(11)7-14)8-16-5-1-4-15-12(16)17/h1-6H,7-8,14H2. The lowest BCUT2D eigenvalue weighted by molar-refractivity contribution is 0.608. The third kappa shape index (κ3) is 2.57. The van der Waals surface area contributed by atoms with E-state index < -0.39 is 0 Å². The van der Waals surface area contributed by atoms with Gasteiger partial charge in [0.25, 0.3) is 0 Å². The summed E-state index contributed by atoms with van der Waals surface area (Å²) in [5, 5.41) is 0. The van der Waals surface area contributed by atoms with Gasteiger partial charge in [0, 0.05) is 24.5 Å². The quantitative estimate of drug-likeness (QED) is 0.856. The lowest BCUT2D eigenvalue weighted by Crippen LogP contribution is -2.22. The maximum absolute atomic E-state index is 13.2. The third-order valence-corrected chi connectivity index (χ3v) is 2.47. The van der Waals surface area contributed by atoms with Gasteiger partial charge in [-0.1, -0.05) is 6.07 Å². The number of hydrogen-bond acceptors (Lipinski definition) is 3. The average Bonchev–Trinajstić information content (AvgIpc) is 2.34. The fraction of sp³-hybridized carbons (Fsp3) is 0.167. The zero-order chi connectivity index (χ0) is 12.3. The number of benzene rings is 1. The molecule has 0 atom stereocenters. The van der Waals surface area contributed by atoms with Crippen molar-refractivity contribution in [1.82, 2.24) is 9.55 Å². The Hall–Kier alpha value is -2.01. The minimum Gasteiger partial charge on any atom is -0.326 e. The fourth-order valence-electron chi connectivity index (χ4n) is 1.59. The molecule has 2 aromatic rings. The van der Waals surface area contributed by atoms with Gasteiger partial charge >= 0.3 is 5.69 Å². The first-order valence-electron chi connectivity index (χ1n) is 5.19. The van der Waals surface area contributed by atoms with E-state index in [0.717, 1.165) is 5.56 Å². The predicted octanol–water partition coefficient (Wildman–Crippen LogP) is 0.889. The van der Waals surface area contributed by atoms with E-state index in [-0.39, 0.29) is 18.1 Å². The molecule has 0 radical (unpaired) electrons. The highest BCUT2D eigenvalue weighted by Gasteiger charge is 2.03. The summed E-state index contributed by atoms with van der Waals surface area (Å²) in [4.78, 5) is 15.0. The van der Waals surface area contributed by atoms with E-state index in [4.69, 9.17) is 5.73 Å². The Kier molecular flexibility index (Phi) is 3.30. The van der Waals surface area contributed by atoms with Gasteiger partial charge in [-0.3, -0.25) is 4.57 Å². The summed E-state index contributed by atoms with van der Waals surface area (Å²) in [6, 6.07) is 6.33. The van der Waals surface area contributed by atoms with Crippen LogP contribution in [0.3, 0.4) is 0 Å². The summed E-state index contributed by atoms with van der Waals surface area (Å²) in [6.45, 7) is 0.502. The van der Waals surface area contributed by atoms with Crippen molar-refractivity contribution in [2.24, 2.45) is 5.73 Å².